The van der Waals surface area contributed by atoms with Gasteiger partial charge in [-0.1, -0.05) is 51.9 Å². The number of ether oxygens (including phenoxy) is 2. The van der Waals surface area contributed by atoms with E-state index >= 15 is 0 Å². The monoisotopic (exact) mass is 362 g/mol. The minimum atomic E-state index is -0.163. The molecule has 24 heavy (non-hydrogen) atoms. The summed E-state index contributed by atoms with van der Waals surface area (Å²) < 4.78 is 10.2. The molecule has 0 aliphatic carbocycles. The van der Waals surface area contributed by atoms with Gasteiger partial charge in [-0.25, -0.2) is 0 Å². The third-order valence-electron chi connectivity index (χ3n) is 3.75. The van der Waals surface area contributed by atoms with Crippen molar-refractivity contribution in [3.05, 3.63) is 0 Å². The second kappa shape index (κ2) is 17.1. The van der Waals surface area contributed by atoms with Crippen LogP contribution in [0.25, 0.3) is 0 Å². The van der Waals surface area contributed by atoms with Crippen LogP contribution in [-0.4, -0.2) is 30.5 Å². The molecule has 0 rings (SSSR count). The van der Waals surface area contributed by atoms with Gasteiger partial charge in [0.1, 0.15) is 6.61 Å². The van der Waals surface area contributed by atoms with Gasteiger partial charge in [-0.05, 0) is 26.2 Å². The van der Waals surface area contributed by atoms with Crippen LogP contribution in [0.15, 0.2) is 0 Å². The molecular weight excluding hydrogens is 328 g/mol. The Morgan fingerprint density at radius 3 is 1.83 bits per heavy atom. The number of carbonyl (C=O) groups excluding carboxylic acids is 2. The fourth-order valence-electron chi connectivity index (χ4n) is 2.31. The van der Waals surface area contributed by atoms with Gasteiger partial charge in [-0.3, -0.25) is 9.59 Å². The van der Waals surface area contributed by atoms with Crippen LogP contribution in [-0.2, 0) is 19.1 Å². The summed E-state index contributed by atoms with van der Waals surface area (Å²) in [6, 6.07) is 0. The average Bonchev–Trinajstić information content (AvgIpc) is 2.55. The van der Waals surface area contributed by atoms with E-state index in [4.69, 9.17) is 21.1 Å². The maximum absolute atomic E-state index is 11.5. The van der Waals surface area contributed by atoms with E-state index in [0.717, 1.165) is 51.4 Å². The first-order chi connectivity index (χ1) is 11.6. The highest BCUT2D eigenvalue weighted by molar-refractivity contribution is 6.20. The number of unbranched alkanes of at least 4 members (excludes halogenated alkanes) is 8. The predicted octanol–water partition coefficient (Wildman–Crippen LogP) is 5.40. The quantitative estimate of drug-likeness (QED) is 0.209. The van der Waals surface area contributed by atoms with E-state index in [1.807, 2.05) is 0 Å². The van der Waals surface area contributed by atoms with Crippen molar-refractivity contribution in [1.82, 2.24) is 0 Å². The number of alkyl halides is 1. The number of rotatable bonds is 16. The molecule has 0 radical (unpaired) electrons. The van der Waals surface area contributed by atoms with E-state index in [2.05, 4.69) is 6.92 Å². The van der Waals surface area contributed by atoms with Crippen LogP contribution in [0.3, 0.4) is 0 Å². The van der Waals surface area contributed by atoms with E-state index in [0.29, 0.717) is 19.4 Å². The van der Waals surface area contributed by atoms with Crippen molar-refractivity contribution >= 4 is 23.5 Å². The molecule has 4 nitrogen and oxygen atoms in total. The molecule has 142 valence electrons. The van der Waals surface area contributed by atoms with Crippen molar-refractivity contribution in [2.45, 2.75) is 96.3 Å². The van der Waals surface area contributed by atoms with E-state index in [1.165, 1.54) is 12.8 Å². The molecule has 0 saturated carbocycles. The van der Waals surface area contributed by atoms with E-state index in [-0.39, 0.29) is 23.9 Å². The summed E-state index contributed by atoms with van der Waals surface area (Å²) in [5, 5.41) is -0.128. The molecule has 0 spiro atoms. The summed E-state index contributed by atoms with van der Waals surface area (Å²) >= 11 is 5.71. The summed E-state index contributed by atoms with van der Waals surface area (Å²) in [5.74, 6) is -0.230. The highest BCUT2D eigenvalue weighted by Gasteiger charge is 2.05. The van der Waals surface area contributed by atoms with Gasteiger partial charge < -0.3 is 9.47 Å². The first-order valence-electron chi connectivity index (χ1n) is 9.51. The largest absolute Gasteiger partial charge is 0.466 e. The van der Waals surface area contributed by atoms with Gasteiger partial charge in [0.2, 0.25) is 0 Å². The number of halogens is 1. The number of carbonyl (C=O) groups is 2. The molecule has 0 bridgehead atoms. The molecule has 0 N–H and O–H groups in total. The van der Waals surface area contributed by atoms with Crippen LogP contribution >= 0.6 is 11.6 Å². The molecule has 0 aromatic rings. The molecule has 0 aliphatic rings. The Balaban J connectivity index is 3.27. The molecule has 0 fully saturated rings. The van der Waals surface area contributed by atoms with Gasteiger partial charge >= 0.3 is 11.9 Å². The topological polar surface area (TPSA) is 52.6 Å². The zero-order valence-corrected chi connectivity index (χ0v) is 16.2. The molecule has 0 aliphatic heterocycles. The third kappa shape index (κ3) is 17.6. The summed E-state index contributed by atoms with van der Waals surface area (Å²) in [5.41, 5.74) is 0. The Bertz CT molecular complexity index is 318. The van der Waals surface area contributed by atoms with Crippen molar-refractivity contribution in [3.8, 4) is 0 Å². The fourth-order valence-corrected chi connectivity index (χ4v) is 2.38. The Kier molecular flexibility index (Phi) is 16.5. The van der Waals surface area contributed by atoms with Crippen LogP contribution < -0.4 is 0 Å². The lowest BCUT2D eigenvalue weighted by Crippen LogP contribution is -2.11. The minimum Gasteiger partial charge on any atom is -0.466 e. The molecule has 1 atom stereocenters. The van der Waals surface area contributed by atoms with Gasteiger partial charge in [0.05, 0.1) is 12.0 Å². The Morgan fingerprint density at radius 2 is 1.29 bits per heavy atom. The second-order valence-electron chi connectivity index (χ2n) is 6.37. The highest BCUT2D eigenvalue weighted by Crippen LogP contribution is 2.10. The van der Waals surface area contributed by atoms with E-state index in [9.17, 15) is 9.59 Å². The van der Waals surface area contributed by atoms with Gasteiger partial charge in [-0.15, -0.1) is 11.6 Å². The van der Waals surface area contributed by atoms with Crippen molar-refractivity contribution in [1.29, 1.82) is 0 Å². The zero-order chi connectivity index (χ0) is 18.0. The fraction of sp³-hybridized carbons (Fsp3) is 0.895. The summed E-state index contributed by atoms with van der Waals surface area (Å²) in [6.45, 7) is 4.82. The van der Waals surface area contributed by atoms with Gasteiger partial charge in [0.25, 0.3) is 0 Å². The second-order valence-corrected chi connectivity index (χ2v) is 7.11. The zero-order valence-electron chi connectivity index (χ0n) is 15.5. The molecule has 0 amide bonds. The number of esters is 2. The molecule has 0 aromatic heterocycles. The smallest absolute Gasteiger partial charge is 0.305 e. The summed E-state index contributed by atoms with van der Waals surface area (Å²) in [6.07, 6.45) is 11.5. The van der Waals surface area contributed by atoms with Gasteiger partial charge in [0.15, 0.2) is 0 Å². The SMILES string of the molecule is CCCCCCOC(=O)CCCCCCCCC(=O)OCC(C)Cl. The van der Waals surface area contributed by atoms with Crippen LogP contribution in [0, 0.1) is 0 Å². The van der Waals surface area contributed by atoms with Crippen LogP contribution in [0.5, 0.6) is 0 Å². The Morgan fingerprint density at radius 1 is 0.792 bits per heavy atom. The number of hydrogen-bond acceptors (Lipinski definition) is 4. The first kappa shape index (κ1) is 23.2. The van der Waals surface area contributed by atoms with Gasteiger partial charge in [-0.2, -0.15) is 0 Å². The maximum Gasteiger partial charge on any atom is 0.305 e. The summed E-state index contributed by atoms with van der Waals surface area (Å²) in [4.78, 5) is 22.9. The molecule has 0 saturated heterocycles. The molecular formula is C19H35ClO4. The Hall–Kier alpha value is -0.770. The van der Waals surface area contributed by atoms with Crippen molar-refractivity contribution in [2.75, 3.05) is 13.2 Å². The average molecular weight is 363 g/mol. The molecule has 1 unspecified atom stereocenters. The van der Waals surface area contributed by atoms with Crippen molar-refractivity contribution in [2.24, 2.45) is 0 Å². The highest BCUT2D eigenvalue weighted by atomic mass is 35.5. The van der Waals surface area contributed by atoms with Crippen LogP contribution in [0.4, 0.5) is 0 Å². The molecule has 5 heteroatoms. The van der Waals surface area contributed by atoms with Crippen LogP contribution in [0.2, 0.25) is 0 Å². The predicted molar refractivity (Wildman–Crippen MR) is 98.3 cm³/mol. The van der Waals surface area contributed by atoms with Crippen molar-refractivity contribution < 1.29 is 19.1 Å². The minimum absolute atomic E-state index is 0.0669. The normalized spacial score (nSPS) is 12.0. The first-order valence-corrected chi connectivity index (χ1v) is 9.95. The number of hydrogen-bond donors (Lipinski definition) is 0. The lowest BCUT2D eigenvalue weighted by atomic mass is 10.1. The standard InChI is InChI=1S/C19H35ClO4/c1-3-4-5-12-15-23-18(21)13-10-8-6-7-9-11-14-19(22)24-16-17(2)20/h17H,3-16H2,1-2H3. The molecule has 0 heterocycles. The lowest BCUT2D eigenvalue weighted by molar-refractivity contribution is -0.144. The van der Waals surface area contributed by atoms with E-state index in [1.54, 1.807) is 6.92 Å². The Labute approximate surface area is 152 Å². The van der Waals surface area contributed by atoms with E-state index < -0.39 is 0 Å². The van der Waals surface area contributed by atoms with Crippen molar-refractivity contribution in [3.63, 3.8) is 0 Å². The molecule has 0 aromatic carbocycles. The lowest BCUT2D eigenvalue weighted by Gasteiger charge is -2.06. The summed E-state index contributed by atoms with van der Waals surface area (Å²) in [7, 11) is 0. The van der Waals surface area contributed by atoms with Crippen LogP contribution in [0.1, 0.15) is 90.9 Å². The van der Waals surface area contributed by atoms with Gasteiger partial charge in [0, 0.05) is 12.8 Å². The third-order valence-corrected chi connectivity index (χ3v) is 3.87. The maximum atomic E-state index is 11.5.